The lowest BCUT2D eigenvalue weighted by atomic mass is 10.1. The molecule has 0 radical (unpaired) electrons. The summed E-state index contributed by atoms with van der Waals surface area (Å²) in [5.74, 6) is 0.437. The minimum absolute atomic E-state index is 0.0316. The number of carbonyl (C=O) groups is 1. The number of hydrogen-bond donors (Lipinski definition) is 1. The molecule has 0 aliphatic heterocycles. The van der Waals surface area contributed by atoms with Gasteiger partial charge in [0, 0.05) is 11.5 Å². The minimum atomic E-state index is -4.54. The molecule has 2 aromatic rings. The van der Waals surface area contributed by atoms with Crippen LogP contribution in [-0.4, -0.2) is 12.1 Å². The van der Waals surface area contributed by atoms with Crippen molar-refractivity contribution < 1.29 is 22.4 Å². The normalized spacial score (nSPS) is 15.0. The third kappa shape index (κ3) is 3.79. The maximum Gasteiger partial charge on any atom is 0.417 e. The fraction of sp³-hybridized carbons (Fsp3) is 0.250. The molecule has 1 aliphatic carbocycles. The predicted molar refractivity (Wildman–Crippen MR) is 82.6 cm³/mol. The van der Waals surface area contributed by atoms with Crippen LogP contribution in [0.25, 0.3) is 11.3 Å². The molecule has 0 spiro atoms. The zero-order valence-electron chi connectivity index (χ0n) is 12.2. The van der Waals surface area contributed by atoms with E-state index in [-0.39, 0.29) is 28.2 Å². The van der Waals surface area contributed by atoms with Gasteiger partial charge in [-0.1, -0.05) is 11.6 Å². The Hall–Kier alpha value is -2.28. The predicted octanol–water partition coefficient (Wildman–Crippen LogP) is 4.48. The van der Waals surface area contributed by atoms with Crippen molar-refractivity contribution in [2.75, 3.05) is 0 Å². The molecule has 1 aliphatic rings. The van der Waals surface area contributed by atoms with Crippen LogP contribution in [0.4, 0.5) is 13.2 Å². The van der Waals surface area contributed by atoms with Gasteiger partial charge in [0.2, 0.25) is 5.91 Å². The van der Waals surface area contributed by atoms with Gasteiger partial charge in [0.1, 0.15) is 11.5 Å². The van der Waals surface area contributed by atoms with Gasteiger partial charge in [-0.05, 0) is 43.2 Å². The summed E-state index contributed by atoms with van der Waals surface area (Å²) >= 11 is 5.59. The highest BCUT2D eigenvalue weighted by Gasteiger charge is 2.33. The van der Waals surface area contributed by atoms with E-state index in [1.54, 1.807) is 6.07 Å². The summed E-state index contributed by atoms with van der Waals surface area (Å²) in [6.07, 6.45) is -1.52. The second-order valence-electron chi connectivity index (χ2n) is 5.40. The molecular weight excluding hydrogens is 345 g/mol. The molecule has 1 aromatic heterocycles. The van der Waals surface area contributed by atoms with E-state index in [0.717, 1.165) is 18.9 Å². The largest absolute Gasteiger partial charge is 0.455 e. The van der Waals surface area contributed by atoms with Crippen molar-refractivity contribution in [3.63, 3.8) is 0 Å². The summed E-state index contributed by atoms with van der Waals surface area (Å²) in [5, 5.41) is 3.39. The zero-order chi connectivity index (χ0) is 17.3. The lowest BCUT2D eigenvalue weighted by molar-refractivity contribution is -0.137. The molecule has 0 saturated heterocycles. The van der Waals surface area contributed by atoms with Crippen LogP contribution in [0.5, 0.6) is 0 Å². The van der Waals surface area contributed by atoms with Gasteiger partial charge in [0.15, 0.2) is 0 Å². The van der Waals surface area contributed by atoms with Crippen LogP contribution < -0.4 is 5.43 Å². The lowest BCUT2D eigenvalue weighted by Gasteiger charge is -2.09. The maximum absolute atomic E-state index is 12.9. The van der Waals surface area contributed by atoms with Gasteiger partial charge in [-0.2, -0.15) is 18.3 Å². The maximum atomic E-state index is 12.9. The van der Waals surface area contributed by atoms with Crippen LogP contribution >= 0.6 is 11.6 Å². The second-order valence-corrected chi connectivity index (χ2v) is 5.81. The molecule has 8 heteroatoms. The third-order valence-corrected chi connectivity index (χ3v) is 3.83. The van der Waals surface area contributed by atoms with E-state index in [0.29, 0.717) is 5.76 Å². The molecular formula is C16H12ClF3N2O2. The molecule has 0 unspecified atom stereocenters. The molecule has 1 amide bonds. The number of rotatable bonds is 4. The zero-order valence-corrected chi connectivity index (χ0v) is 13.0. The van der Waals surface area contributed by atoms with Crippen molar-refractivity contribution in [2.24, 2.45) is 11.0 Å². The Morgan fingerprint density at radius 1 is 1.29 bits per heavy atom. The van der Waals surface area contributed by atoms with Crippen molar-refractivity contribution in [3.05, 3.63) is 46.7 Å². The summed E-state index contributed by atoms with van der Waals surface area (Å²) < 4.78 is 44.1. The summed E-state index contributed by atoms with van der Waals surface area (Å²) in [4.78, 5) is 11.4. The Bertz CT molecular complexity index is 795. The molecule has 126 valence electrons. The van der Waals surface area contributed by atoms with Crippen LogP contribution in [0, 0.1) is 5.92 Å². The molecule has 4 nitrogen and oxygen atoms in total. The first-order valence-corrected chi connectivity index (χ1v) is 7.52. The molecule has 1 fully saturated rings. The average molecular weight is 357 g/mol. The lowest BCUT2D eigenvalue weighted by Crippen LogP contribution is -2.18. The van der Waals surface area contributed by atoms with Crippen molar-refractivity contribution in [2.45, 2.75) is 19.0 Å². The molecule has 24 heavy (non-hydrogen) atoms. The average Bonchev–Trinajstić information content (AvgIpc) is 3.26. The highest BCUT2D eigenvalue weighted by molar-refractivity contribution is 6.31. The van der Waals surface area contributed by atoms with Gasteiger partial charge in [0.25, 0.3) is 0 Å². The minimum Gasteiger partial charge on any atom is -0.455 e. The number of amides is 1. The number of carbonyl (C=O) groups excluding carboxylic acids is 1. The first-order valence-electron chi connectivity index (χ1n) is 7.14. The van der Waals surface area contributed by atoms with Crippen molar-refractivity contribution in [1.29, 1.82) is 0 Å². The first kappa shape index (κ1) is 16.6. The molecule has 1 saturated carbocycles. The SMILES string of the molecule is O=C(N/N=C\c1ccc(-c2ccc(Cl)c(C(F)(F)F)c2)o1)C1CC1. The van der Waals surface area contributed by atoms with E-state index in [9.17, 15) is 18.0 Å². The Balaban J connectivity index is 1.75. The number of nitrogens with one attached hydrogen (secondary N) is 1. The van der Waals surface area contributed by atoms with E-state index in [4.69, 9.17) is 16.0 Å². The fourth-order valence-electron chi connectivity index (χ4n) is 2.07. The van der Waals surface area contributed by atoms with Gasteiger partial charge in [0.05, 0.1) is 16.8 Å². The van der Waals surface area contributed by atoms with E-state index >= 15 is 0 Å². The van der Waals surface area contributed by atoms with Gasteiger partial charge < -0.3 is 4.42 Å². The van der Waals surface area contributed by atoms with E-state index in [2.05, 4.69) is 10.5 Å². The standard InChI is InChI=1S/C16H12ClF3N2O2/c17-13-5-3-10(7-12(13)16(18,19)20)14-6-4-11(24-14)8-21-22-15(23)9-1-2-9/h3-9H,1-2H2,(H,22,23)/b21-8-. The van der Waals surface area contributed by atoms with Crippen molar-refractivity contribution >= 4 is 23.7 Å². The number of alkyl halides is 3. The number of furan rings is 1. The van der Waals surface area contributed by atoms with Crippen LogP contribution in [0.2, 0.25) is 5.02 Å². The quantitative estimate of drug-likeness (QED) is 0.648. The van der Waals surface area contributed by atoms with Gasteiger partial charge in [-0.25, -0.2) is 5.43 Å². The Kier molecular flexibility index (Phi) is 4.36. The third-order valence-electron chi connectivity index (χ3n) is 3.50. The molecule has 1 heterocycles. The first-order chi connectivity index (χ1) is 11.3. The molecule has 0 atom stereocenters. The summed E-state index contributed by atoms with van der Waals surface area (Å²) in [5.41, 5.74) is 1.70. The number of nitrogens with zero attached hydrogens (tertiary/aromatic N) is 1. The Morgan fingerprint density at radius 2 is 2.04 bits per heavy atom. The van der Waals surface area contributed by atoms with Crippen LogP contribution in [0.15, 0.2) is 39.9 Å². The fourth-order valence-corrected chi connectivity index (χ4v) is 2.29. The molecule has 1 N–H and O–H groups in total. The Morgan fingerprint density at radius 3 is 2.71 bits per heavy atom. The number of hydrazone groups is 1. The second kappa shape index (κ2) is 6.32. The summed E-state index contributed by atoms with van der Waals surface area (Å²) in [7, 11) is 0. The highest BCUT2D eigenvalue weighted by Crippen LogP contribution is 2.37. The smallest absolute Gasteiger partial charge is 0.417 e. The topological polar surface area (TPSA) is 54.6 Å². The summed E-state index contributed by atoms with van der Waals surface area (Å²) in [6.45, 7) is 0. The molecule has 1 aromatic carbocycles. The number of benzene rings is 1. The van der Waals surface area contributed by atoms with Crippen LogP contribution in [-0.2, 0) is 11.0 Å². The van der Waals surface area contributed by atoms with Crippen molar-refractivity contribution in [1.82, 2.24) is 5.43 Å². The summed E-state index contributed by atoms with van der Waals surface area (Å²) in [6, 6.07) is 6.60. The van der Waals surface area contributed by atoms with Crippen LogP contribution in [0.3, 0.4) is 0 Å². The molecule has 0 bridgehead atoms. The van der Waals surface area contributed by atoms with E-state index < -0.39 is 11.7 Å². The van der Waals surface area contributed by atoms with E-state index in [1.807, 2.05) is 0 Å². The molecule has 3 rings (SSSR count). The van der Waals surface area contributed by atoms with Crippen LogP contribution in [0.1, 0.15) is 24.2 Å². The van der Waals surface area contributed by atoms with E-state index in [1.165, 1.54) is 24.4 Å². The van der Waals surface area contributed by atoms with Gasteiger partial charge in [-0.3, -0.25) is 4.79 Å². The number of hydrogen-bond acceptors (Lipinski definition) is 3. The van der Waals surface area contributed by atoms with Gasteiger partial charge in [-0.15, -0.1) is 0 Å². The monoisotopic (exact) mass is 356 g/mol. The van der Waals surface area contributed by atoms with Gasteiger partial charge >= 0.3 is 6.18 Å². The highest BCUT2D eigenvalue weighted by atomic mass is 35.5. The van der Waals surface area contributed by atoms with Crippen molar-refractivity contribution in [3.8, 4) is 11.3 Å². The number of halogens is 4. The Labute approximate surface area is 140 Å².